The highest BCUT2D eigenvalue weighted by Crippen LogP contribution is 2.39. The summed E-state index contributed by atoms with van der Waals surface area (Å²) in [5.41, 5.74) is -0.821. The molecule has 0 heterocycles. The van der Waals surface area contributed by atoms with Gasteiger partial charge in [-0.3, -0.25) is 9.59 Å². The van der Waals surface area contributed by atoms with Crippen molar-refractivity contribution in [1.29, 1.82) is 0 Å². The Kier molecular flexibility index (Phi) is 5.16. The fourth-order valence-corrected chi connectivity index (χ4v) is 2.48. The van der Waals surface area contributed by atoms with Crippen LogP contribution in [-0.2, 0) is 14.3 Å². The third-order valence-corrected chi connectivity index (χ3v) is 3.61. The zero-order valence-corrected chi connectivity index (χ0v) is 11.3. The third kappa shape index (κ3) is 3.30. The molecule has 3 nitrogen and oxygen atoms in total. The number of Topliss-reactive ketones (excluding diaryl/α,β-unsaturated/α-hetero) is 1. The molecule has 1 fully saturated rings. The van der Waals surface area contributed by atoms with Gasteiger partial charge in [0.2, 0.25) is 0 Å². The molecule has 1 unspecified atom stereocenters. The molecule has 17 heavy (non-hydrogen) atoms. The minimum Gasteiger partial charge on any atom is -0.465 e. The maximum Gasteiger partial charge on any atom is 0.319 e. The highest BCUT2D eigenvalue weighted by atomic mass is 16.5. The van der Waals surface area contributed by atoms with E-state index in [9.17, 15) is 9.59 Å². The molecule has 0 aromatic carbocycles. The summed E-state index contributed by atoms with van der Waals surface area (Å²) in [6.45, 7) is 6.38. The SMILES string of the molecule is CCOC(=O)C1(CCC(C)C)CCCCC1=O. The van der Waals surface area contributed by atoms with E-state index in [1.807, 2.05) is 0 Å². The molecule has 0 aliphatic heterocycles. The summed E-state index contributed by atoms with van der Waals surface area (Å²) >= 11 is 0. The standard InChI is InChI=1S/C14H24O3/c1-4-17-13(16)14(10-8-11(2)3)9-6-5-7-12(14)15/h11H,4-10H2,1-3H3. The van der Waals surface area contributed by atoms with Gasteiger partial charge in [-0.1, -0.05) is 20.3 Å². The summed E-state index contributed by atoms with van der Waals surface area (Å²) in [5, 5.41) is 0. The van der Waals surface area contributed by atoms with Gasteiger partial charge in [-0.25, -0.2) is 0 Å². The van der Waals surface area contributed by atoms with Crippen LogP contribution in [0.4, 0.5) is 0 Å². The van der Waals surface area contributed by atoms with Crippen LogP contribution in [0.15, 0.2) is 0 Å². The summed E-state index contributed by atoms with van der Waals surface area (Å²) in [7, 11) is 0. The summed E-state index contributed by atoms with van der Waals surface area (Å²) in [6, 6.07) is 0. The Hall–Kier alpha value is -0.860. The lowest BCUT2D eigenvalue weighted by Gasteiger charge is -2.33. The number of hydrogen-bond donors (Lipinski definition) is 0. The average molecular weight is 240 g/mol. The number of ether oxygens (including phenoxy) is 1. The van der Waals surface area contributed by atoms with Gasteiger partial charge in [0, 0.05) is 6.42 Å². The van der Waals surface area contributed by atoms with Gasteiger partial charge in [-0.15, -0.1) is 0 Å². The molecule has 1 aliphatic rings. The number of carbonyl (C=O) groups is 2. The monoisotopic (exact) mass is 240 g/mol. The average Bonchev–Trinajstić information content (AvgIpc) is 2.28. The Balaban J connectivity index is 2.82. The van der Waals surface area contributed by atoms with E-state index in [1.54, 1.807) is 6.92 Å². The molecule has 98 valence electrons. The van der Waals surface area contributed by atoms with Crippen molar-refractivity contribution in [3.8, 4) is 0 Å². The van der Waals surface area contributed by atoms with Crippen LogP contribution in [-0.4, -0.2) is 18.4 Å². The lowest BCUT2D eigenvalue weighted by Crippen LogP contribution is -2.43. The maximum atomic E-state index is 12.1. The smallest absolute Gasteiger partial charge is 0.319 e. The number of rotatable bonds is 5. The van der Waals surface area contributed by atoms with Crippen LogP contribution in [0.25, 0.3) is 0 Å². The van der Waals surface area contributed by atoms with Crippen molar-refractivity contribution in [1.82, 2.24) is 0 Å². The van der Waals surface area contributed by atoms with Crippen molar-refractivity contribution in [2.24, 2.45) is 11.3 Å². The van der Waals surface area contributed by atoms with Gasteiger partial charge in [-0.2, -0.15) is 0 Å². The minimum atomic E-state index is -0.821. The van der Waals surface area contributed by atoms with Crippen molar-refractivity contribution in [2.75, 3.05) is 6.61 Å². The Morgan fingerprint density at radius 1 is 1.41 bits per heavy atom. The molecule has 0 spiro atoms. The Bertz CT molecular complexity index is 283. The van der Waals surface area contributed by atoms with E-state index in [-0.39, 0.29) is 11.8 Å². The van der Waals surface area contributed by atoms with Gasteiger partial charge < -0.3 is 4.74 Å². The van der Waals surface area contributed by atoms with E-state index in [1.165, 1.54) is 0 Å². The van der Waals surface area contributed by atoms with E-state index in [0.29, 0.717) is 31.8 Å². The van der Waals surface area contributed by atoms with Crippen molar-refractivity contribution >= 4 is 11.8 Å². The Morgan fingerprint density at radius 3 is 2.65 bits per heavy atom. The number of hydrogen-bond acceptors (Lipinski definition) is 3. The zero-order chi connectivity index (χ0) is 12.9. The van der Waals surface area contributed by atoms with Gasteiger partial charge in [0.1, 0.15) is 11.2 Å². The molecule has 0 N–H and O–H groups in total. The fraction of sp³-hybridized carbons (Fsp3) is 0.857. The minimum absolute atomic E-state index is 0.0999. The van der Waals surface area contributed by atoms with Crippen molar-refractivity contribution in [3.05, 3.63) is 0 Å². The molecular weight excluding hydrogens is 216 g/mol. The lowest BCUT2D eigenvalue weighted by atomic mass is 9.69. The van der Waals surface area contributed by atoms with Gasteiger partial charge in [0.15, 0.2) is 0 Å². The number of esters is 1. The summed E-state index contributed by atoms with van der Waals surface area (Å²) in [4.78, 5) is 24.2. The Labute approximate surface area is 104 Å². The topological polar surface area (TPSA) is 43.4 Å². The first-order chi connectivity index (χ1) is 8.03. The van der Waals surface area contributed by atoms with E-state index >= 15 is 0 Å². The molecule has 1 aliphatic carbocycles. The van der Waals surface area contributed by atoms with E-state index < -0.39 is 5.41 Å². The first-order valence-corrected chi connectivity index (χ1v) is 6.73. The predicted molar refractivity (Wildman–Crippen MR) is 66.6 cm³/mol. The second-order valence-corrected chi connectivity index (χ2v) is 5.37. The van der Waals surface area contributed by atoms with Crippen LogP contribution < -0.4 is 0 Å². The van der Waals surface area contributed by atoms with Crippen molar-refractivity contribution in [3.63, 3.8) is 0 Å². The molecule has 0 saturated heterocycles. The van der Waals surface area contributed by atoms with Crippen LogP contribution in [0.1, 0.15) is 59.3 Å². The van der Waals surface area contributed by atoms with Gasteiger partial charge in [0.05, 0.1) is 6.61 Å². The molecule has 3 heteroatoms. The van der Waals surface area contributed by atoms with E-state index in [0.717, 1.165) is 19.3 Å². The van der Waals surface area contributed by atoms with Crippen molar-refractivity contribution in [2.45, 2.75) is 59.3 Å². The molecule has 0 radical (unpaired) electrons. The summed E-state index contributed by atoms with van der Waals surface area (Å²) in [5.74, 6) is 0.323. The number of ketones is 1. The van der Waals surface area contributed by atoms with Crippen molar-refractivity contribution < 1.29 is 14.3 Å². The quantitative estimate of drug-likeness (QED) is 0.548. The number of carbonyl (C=O) groups excluding carboxylic acids is 2. The molecule has 1 saturated carbocycles. The van der Waals surface area contributed by atoms with Crippen LogP contribution in [0.2, 0.25) is 0 Å². The molecule has 1 atom stereocenters. The molecule has 0 aromatic heterocycles. The van der Waals surface area contributed by atoms with Gasteiger partial charge in [0.25, 0.3) is 0 Å². The second kappa shape index (κ2) is 6.18. The highest BCUT2D eigenvalue weighted by Gasteiger charge is 2.47. The van der Waals surface area contributed by atoms with Gasteiger partial charge in [-0.05, 0) is 38.5 Å². The first-order valence-electron chi connectivity index (χ1n) is 6.73. The summed E-state index contributed by atoms with van der Waals surface area (Å²) < 4.78 is 5.13. The maximum absolute atomic E-state index is 12.1. The van der Waals surface area contributed by atoms with Crippen LogP contribution in [0.5, 0.6) is 0 Å². The molecule has 0 aromatic rings. The Morgan fingerprint density at radius 2 is 2.12 bits per heavy atom. The third-order valence-electron chi connectivity index (χ3n) is 3.61. The van der Waals surface area contributed by atoms with E-state index in [2.05, 4.69) is 13.8 Å². The second-order valence-electron chi connectivity index (χ2n) is 5.37. The molecule has 1 rings (SSSR count). The first kappa shape index (κ1) is 14.2. The normalized spacial score (nSPS) is 25.1. The molecule has 0 bridgehead atoms. The highest BCUT2D eigenvalue weighted by molar-refractivity contribution is 6.04. The predicted octanol–water partition coefficient (Wildman–Crippen LogP) is 3.12. The lowest BCUT2D eigenvalue weighted by molar-refractivity contribution is -0.163. The summed E-state index contributed by atoms with van der Waals surface area (Å²) in [6.07, 6.45) is 4.66. The molecule has 0 amide bonds. The van der Waals surface area contributed by atoms with Crippen LogP contribution >= 0.6 is 0 Å². The van der Waals surface area contributed by atoms with Gasteiger partial charge >= 0.3 is 5.97 Å². The molecular formula is C14H24O3. The van der Waals surface area contributed by atoms with Crippen LogP contribution in [0.3, 0.4) is 0 Å². The van der Waals surface area contributed by atoms with Crippen LogP contribution in [0, 0.1) is 11.3 Å². The largest absolute Gasteiger partial charge is 0.465 e. The zero-order valence-electron chi connectivity index (χ0n) is 11.3. The van der Waals surface area contributed by atoms with E-state index in [4.69, 9.17) is 4.74 Å². The fourth-order valence-electron chi connectivity index (χ4n) is 2.48.